The van der Waals surface area contributed by atoms with E-state index < -0.39 is 0 Å². The number of ketones is 1. The van der Waals surface area contributed by atoms with Crippen molar-refractivity contribution < 1.29 is 4.79 Å². The van der Waals surface area contributed by atoms with Gasteiger partial charge in [-0.3, -0.25) is 9.48 Å². The number of carbonyl (C=O) groups excluding carboxylic acids is 1. The molecule has 4 heteroatoms. The summed E-state index contributed by atoms with van der Waals surface area (Å²) >= 11 is 0. The molecule has 4 aliphatic carbocycles. The van der Waals surface area contributed by atoms with Crippen LogP contribution >= 0.6 is 0 Å². The smallest absolute Gasteiger partial charge is 0.186 e. The molecule has 5 rings (SSSR count). The molecule has 4 fully saturated rings. The summed E-state index contributed by atoms with van der Waals surface area (Å²) in [6.07, 6.45) is 8.08. The Morgan fingerprint density at radius 1 is 1.21 bits per heavy atom. The summed E-state index contributed by atoms with van der Waals surface area (Å²) in [5.74, 6) is 3.48. The van der Waals surface area contributed by atoms with E-state index in [9.17, 15) is 4.79 Å². The van der Waals surface area contributed by atoms with Gasteiger partial charge in [-0.05, 0) is 55.8 Å². The van der Waals surface area contributed by atoms with Gasteiger partial charge in [0.1, 0.15) is 5.69 Å². The second-order valence-corrected chi connectivity index (χ2v) is 6.89. The van der Waals surface area contributed by atoms with Crippen LogP contribution in [0.1, 0.15) is 42.6 Å². The number of rotatable bonds is 2. The van der Waals surface area contributed by atoms with Crippen molar-refractivity contribution in [2.24, 2.45) is 36.6 Å². The Bertz CT molecular complexity index is 486. The second-order valence-electron chi connectivity index (χ2n) is 6.89. The van der Waals surface area contributed by atoms with Gasteiger partial charge in [-0.1, -0.05) is 0 Å². The summed E-state index contributed by atoms with van der Waals surface area (Å²) in [7, 11) is 1.82. The highest BCUT2D eigenvalue weighted by atomic mass is 16.1. The lowest BCUT2D eigenvalue weighted by atomic mass is 9.51. The van der Waals surface area contributed by atoms with Gasteiger partial charge in [-0.25, -0.2) is 0 Å². The molecule has 4 bridgehead atoms. The maximum atomic E-state index is 12.9. The Morgan fingerprint density at radius 3 is 2.26 bits per heavy atom. The van der Waals surface area contributed by atoms with Crippen molar-refractivity contribution in [2.75, 3.05) is 5.73 Å². The molecule has 0 saturated heterocycles. The third-order valence-corrected chi connectivity index (χ3v) is 5.73. The van der Waals surface area contributed by atoms with Crippen molar-refractivity contribution in [3.63, 3.8) is 0 Å². The molecule has 0 radical (unpaired) electrons. The average Bonchev–Trinajstić information content (AvgIpc) is 2.67. The van der Waals surface area contributed by atoms with E-state index in [1.54, 1.807) is 10.9 Å². The predicted octanol–water partition coefficient (Wildman–Crippen LogP) is 2.26. The zero-order valence-electron chi connectivity index (χ0n) is 11.4. The van der Waals surface area contributed by atoms with E-state index in [2.05, 4.69) is 5.10 Å². The lowest BCUT2D eigenvalue weighted by Crippen LogP contribution is -2.48. The topological polar surface area (TPSA) is 60.9 Å². The van der Waals surface area contributed by atoms with Crippen LogP contribution in [0.4, 0.5) is 5.69 Å². The standard InChI is InChI=1S/C15H21N3O/c1-18-14(12(16)7-17-18)15(19)13-10-3-8-2-9(5-10)6-11(13)4-8/h7-11,13H,2-6,16H2,1H3. The van der Waals surface area contributed by atoms with Crippen molar-refractivity contribution in [2.45, 2.75) is 32.1 Å². The molecule has 4 saturated carbocycles. The molecule has 0 aromatic carbocycles. The summed E-state index contributed by atoms with van der Waals surface area (Å²) in [4.78, 5) is 12.9. The molecule has 0 atom stereocenters. The van der Waals surface area contributed by atoms with Crippen LogP contribution in [0.3, 0.4) is 0 Å². The minimum absolute atomic E-state index is 0.213. The molecule has 0 spiro atoms. The number of hydrogen-bond acceptors (Lipinski definition) is 3. The van der Waals surface area contributed by atoms with Crippen LogP contribution in [0, 0.1) is 29.6 Å². The lowest BCUT2D eigenvalue weighted by molar-refractivity contribution is -0.0254. The number of anilines is 1. The number of hydrogen-bond donors (Lipinski definition) is 1. The molecule has 4 nitrogen and oxygen atoms in total. The molecule has 0 unspecified atom stereocenters. The zero-order valence-corrected chi connectivity index (χ0v) is 11.4. The first kappa shape index (κ1) is 11.5. The minimum atomic E-state index is 0.213. The maximum absolute atomic E-state index is 12.9. The summed E-state index contributed by atoms with van der Waals surface area (Å²) in [6, 6.07) is 0. The summed E-state index contributed by atoms with van der Waals surface area (Å²) in [5.41, 5.74) is 7.11. The van der Waals surface area contributed by atoms with E-state index in [4.69, 9.17) is 5.73 Å². The SMILES string of the molecule is Cn1ncc(N)c1C(=O)C1C2CC3CC(C2)CC1C3. The van der Waals surface area contributed by atoms with Gasteiger partial charge < -0.3 is 5.73 Å². The van der Waals surface area contributed by atoms with Gasteiger partial charge >= 0.3 is 0 Å². The van der Waals surface area contributed by atoms with Gasteiger partial charge in [-0.15, -0.1) is 0 Å². The molecule has 2 N–H and O–H groups in total. The van der Waals surface area contributed by atoms with Gasteiger partial charge in [0.15, 0.2) is 5.78 Å². The summed E-state index contributed by atoms with van der Waals surface area (Å²) in [5, 5.41) is 4.12. The number of aromatic nitrogens is 2. The number of aryl methyl sites for hydroxylation is 1. The summed E-state index contributed by atoms with van der Waals surface area (Å²) < 4.78 is 1.66. The molecule has 19 heavy (non-hydrogen) atoms. The number of nitrogens with two attached hydrogens (primary N) is 1. The first-order valence-electron chi connectivity index (χ1n) is 7.45. The lowest BCUT2D eigenvalue weighted by Gasteiger charge is -2.53. The molecule has 1 heterocycles. The van der Waals surface area contributed by atoms with Crippen LogP contribution in [-0.2, 0) is 7.05 Å². The first-order chi connectivity index (χ1) is 9.13. The Kier molecular flexibility index (Phi) is 2.32. The number of nitrogens with zero attached hydrogens (tertiary/aromatic N) is 2. The molecular formula is C15H21N3O. The second kappa shape index (κ2) is 3.84. The number of nitrogen functional groups attached to an aromatic ring is 1. The zero-order chi connectivity index (χ0) is 13.1. The first-order valence-corrected chi connectivity index (χ1v) is 7.45. The van der Waals surface area contributed by atoms with Crippen molar-refractivity contribution in [3.05, 3.63) is 11.9 Å². The molecule has 0 amide bonds. The number of Topliss-reactive ketones (excluding diaryl/α,β-unsaturated/α-hetero) is 1. The monoisotopic (exact) mass is 259 g/mol. The Morgan fingerprint density at radius 2 is 1.79 bits per heavy atom. The van der Waals surface area contributed by atoms with E-state index in [1.807, 2.05) is 7.05 Å². The fraction of sp³-hybridized carbons (Fsp3) is 0.733. The Balaban J connectivity index is 1.68. The van der Waals surface area contributed by atoms with Crippen LogP contribution in [0.25, 0.3) is 0 Å². The fourth-order valence-electron chi connectivity index (χ4n) is 5.27. The molecule has 102 valence electrons. The van der Waals surface area contributed by atoms with Crippen LogP contribution in [-0.4, -0.2) is 15.6 Å². The van der Waals surface area contributed by atoms with E-state index >= 15 is 0 Å². The summed E-state index contributed by atoms with van der Waals surface area (Å²) in [6.45, 7) is 0. The van der Waals surface area contributed by atoms with E-state index in [0.717, 1.165) is 11.8 Å². The van der Waals surface area contributed by atoms with Crippen molar-refractivity contribution in [1.82, 2.24) is 9.78 Å². The number of carbonyl (C=O) groups is 1. The van der Waals surface area contributed by atoms with Crippen LogP contribution in [0.2, 0.25) is 0 Å². The molecular weight excluding hydrogens is 238 g/mol. The molecule has 4 aliphatic rings. The van der Waals surface area contributed by atoms with E-state index in [-0.39, 0.29) is 11.7 Å². The van der Waals surface area contributed by atoms with Crippen molar-refractivity contribution in [1.29, 1.82) is 0 Å². The van der Waals surface area contributed by atoms with Crippen molar-refractivity contribution >= 4 is 11.5 Å². The Labute approximate surface area is 113 Å². The predicted molar refractivity (Wildman–Crippen MR) is 72.5 cm³/mol. The van der Waals surface area contributed by atoms with E-state index in [1.165, 1.54) is 32.1 Å². The molecule has 1 aromatic heterocycles. The Hall–Kier alpha value is -1.32. The average molecular weight is 259 g/mol. The highest BCUT2D eigenvalue weighted by molar-refractivity contribution is 6.01. The van der Waals surface area contributed by atoms with Crippen molar-refractivity contribution in [3.8, 4) is 0 Å². The van der Waals surface area contributed by atoms with Crippen LogP contribution in [0.15, 0.2) is 6.20 Å². The fourth-order valence-corrected chi connectivity index (χ4v) is 5.27. The maximum Gasteiger partial charge on any atom is 0.186 e. The van der Waals surface area contributed by atoms with Gasteiger partial charge in [0, 0.05) is 13.0 Å². The molecule has 1 aromatic rings. The van der Waals surface area contributed by atoms with Gasteiger partial charge in [-0.2, -0.15) is 5.10 Å². The minimum Gasteiger partial charge on any atom is -0.396 e. The largest absolute Gasteiger partial charge is 0.396 e. The normalized spacial score (nSPS) is 39.7. The van der Waals surface area contributed by atoms with Crippen LogP contribution in [0.5, 0.6) is 0 Å². The molecule has 0 aliphatic heterocycles. The van der Waals surface area contributed by atoms with Gasteiger partial charge in [0.25, 0.3) is 0 Å². The van der Waals surface area contributed by atoms with Gasteiger partial charge in [0.2, 0.25) is 0 Å². The van der Waals surface area contributed by atoms with Gasteiger partial charge in [0.05, 0.1) is 11.9 Å². The highest BCUT2D eigenvalue weighted by Gasteiger charge is 2.51. The highest BCUT2D eigenvalue weighted by Crippen LogP contribution is 2.57. The van der Waals surface area contributed by atoms with E-state index in [0.29, 0.717) is 23.2 Å². The third kappa shape index (κ3) is 1.58. The third-order valence-electron chi connectivity index (χ3n) is 5.73. The quantitative estimate of drug-likeness (QED) is 0.829. The van der Waals surface area contributed by atoms with Crippen LogP contribution < -0.4 is 5.73 Å².